The second kappa shape index (κ2) is 6.99. The highest BCUT2D eigenvalue weighted by Crippen LogP contribution is 2.19. The topological polar surface area (TPSA) is 36.8 Å². The zero-order valence-electron chi connectivity index (χ0n) is 11.0. The van der Waals surface area contributed by atoms with Crippen molar-refractivity contribution in [1.29, 1.82) is 0 Å². The summed E-state index contributed by atoms with van der Waals surface area (Å²) in [7, 11) is 0. The number of nitrogens with one attached hydrogen (secondary N) is 1. The van der Waals surface area contributed by atoms with Gasteiger partial charge in [0.1, 0.15) is 11.7 Å². The summed E-state index contributed by atoms with van der Waals surface area (Å²) < 4.78 is 0. The van der Waals surface area contributed by atoms with Crippen molar-refractivity contribution in [2.24, 2.45) is 15.4 Å². The van der Waals surface area contributed by atoms with E-state index in [4.69, 9.17) is 0 Å². The molecule has 0 aromatic rings. The quantitative estimate of drug-likeness (QED) is 0.572. The predicted octanol–water partition coefficient (Wildman–Crippen LogP) is 3.51. The lowest BCUT2D eigenvalue weighted by atomic mass is 9.92. The van der Waals surface area contributed by atoms with E-state index in [0.29, 0.717) is 5.84 Å². The fourth-order valence-corrected chi connectivity index (χ4v) is 0.918. The van der Waals surface area contributed by atoms with Crippen LogP contribution in [0.3, 0.4) is 0 Å². The van der Waals surface area contributed by atoms with E-state index in [1.807, 2.05) is 26.1 Å². The Balaban J connectivity index is 4.72. The minimum atomic E-state index is 0.258. The van der Waals surface area contributed by atoms with Gasteiger partial charge < -0.3 is 5.32 Å². The molecule has 0 aromatic carbocycles. The molecule has 90 valence electrons. The Labute approximate surface area is 99.1 Å². The van der Waals surface area contributed by atoms with Crippen molar-refractivity contribution in [3.05, 3.63) is 24.2 Å². The highest BCUT2D eigenvalue weighted by Gasteiger charge is 2.08. The van der Waals surface area contributed by atoms with E-state index < -0.39 is 0 Å². The van der Waals surface area contributed by atoms with E-state index in [1.165, 1.54) is 0 Å². The van der Waals surface area contributed by atoms with Gasteiger partial charge >= 0.3 is 0 Å². The molecule has 0 aromatic heterocycles. The van der Waals surface area contributed by atoms with Crippen molar-refractivity contribution in [2.75, 3.05) is 0 Å². The number of hydrogen-bond donors (Lipinski definition) is 1. The lowest BCUT2D eigenvalue weighted by Gasteiger charge is -2.15. The van der Waals surface area contributed by atoms with E-state index in [0.717, 1.165) is 12.2 Å². The van der Waals surface area contributed by atoms with Crippen LogP contribution in [0.25, 0.3) is 0 Å². The predicted molar refractivity (Wildman–Crippen MR) is 72.8 cm³/mol. The van der Waals surface area contributed by atoms with Gasteiger partial charge in [-0.25, -0.2) is 9.98 Å². The average molecular weight is 221 g/mol. The summed E-state index contributed by atoms with van der Waals surface area (Å²) in [5.41, 5.74) is 0.258. The molecule has 16 heavy (non-hydrogen) atoms. The van der Waals surface area contributed by atoms with Crippen LogP contribution in [0.2, 0.25) is 0 Å². The SMILES string of the molecule is C=N/C(C)=N\C(=C/CC(C)(C)C)N/C=C/C. The van der Waals surface area contributed by atoms with Gasteiger partial charge in [0.05, 0.1) is 0 Å². The Morgan fingerprint density at radius 2 is 2.00 bits per heavy atom. The average Bonchev–Trinajstić information content (AvgIpc) is 2.20. The van der Waals surface area contributed by atoms with Gasteiger partial charge in [0.25, 0.3) is 0 Å². The van der Waals surface area contributed by atoms with Crippen LogP contribution in [-0.2, 0) is 0 Å². The summed E-state index contributed by atoms with van der Waals surface area (Å²) in [5.74, 6) is 1.48. The molecule has 0 heterocycles. The fraction of sp³-hybridized carbons (Fsp3) is 0.538. The number of hydrogen-bond acceptors (Lipinski definition) is 2. The molecule has 0 spiro atoms. The highest BCUT2D eigenvalue weighted by molar-refractivity contribution is 5.84. The molecule has 0 radical (unpaired) electrons. The van der Waals surface area contributed by atoms with Crippen molar-refractivity contribution in [2.45, 2.75) is 41.0 Å². The van der Waals surface area contributed by atoms with E-state index in [-0.39, 0.29) is 5.41 Å². The van der Waals surface area contributed by atoms with Crippen LogP contribution in [0.1, 0.15) is 41.0 Å². The molecule has 0 fully saturated rings. The van der Waals surface area contributed by atoms with E-state index in [1.54, 1.807) is 0 Å². The minimum Gasteiger partial charge on any atom is -0.347 e. The maximum absolute atomic E-state index is 4.32. The van der Waals surface area contributed by atoms with Gasteiger partial charge in [-0.05, 0) is 44.7 Å². The fourth-order valence-electron chi connectivity index (χ4n) is 0.918. The second-order valence-electron chi connectivity index (χ2n) is 4.82. The summed E-state index contributed by atoms with van der Waals surface area (Å²) in [6.45, 7) is 13.8. The Kier molecular flexibility index (Phi) is 6.38. The third-order valence-corrected chi connectivity index (χ3v) is 1.82. The molecule has 0 saturated heterocycles. The first-order chi connectivity index (χ1) is 7.39. The van der Waals surface area contributed by atoms with Crippen molar-refractivity contribution in [3.63, 3.8) is 0 Å². The lowest BCUT2D eigenvalue weighted by molar-refractivity contribution is 0.419. The number of nitrogens with zero attached hydrogens (tertiary/aromatic N) is 2. The number of rotatable bonds is 4. The molecule has 0 amide bonds. The lowest BCUT2D eigenvalue weighted by Crippen LogP contribution is -2.08. The van der Waals surface area contributed by atoms with Gasteiger partial charge in [0.15, 0.2) is 0 Å². The second-order valence-corrected chi connectivity index (χ2v) is 4.82. The van der Waals surface area contributed by atoms with Gasteiger partial charge in [-0.15, -0.1) is 0 Å². The summed E-state index contributed by atoms with van der Waals surface area (Å²) in [6.07, 6.45) is 6.82. The zero-order chi connectivity index (χ0) is 12.6. The summed E-state index contributed by atoms with van der Waals surface area (Å²) in [4.78, 5) is 8.10. The maximum atomic E-state index is 4.32. The Morgan fingerprint density at radius 1 is 1.38 bits per heavy atom. The molecule has 0 bridgehead atoms. The standard InChI is InChI=1S/C13H23N3/c1-7-10-15-12(16-11(2)14-6)8-9-13(3,4)5/h7-8,10,15H,6,9H2,1-5H3/b10-7+,12-8-,16-11-. The molecule has 0 atom stereocenters. The van der Waals surface area contributed by atoms with Crippen LogP contribution in [-0.4, -0.2) is 12.6 Å². The first-order valence-electron chi connectivity index (χ1n) is 5.49. The van der Waals surface area contributed by atoms with Crippen molar-refractivity contribution >= 4 is 12.6 Å². The normalized spacial score (nSPS) is 14.3. The van der Waals surface area contributed by atoms with Gasteiger partial charge in [-0.3, -0.25) is 0 Å². The molecular weight excluding hydrogens is 198 g/mol. The van der Waals surface area contributed by atoms with Gasteiger partial charge in [0.2, 0.25) is 0 Å². The van der Waals surface area contributed by atoms with Crippen LogP contribution in [0.5, 0.6) is 0 Å². The summed E-state index contributed by atoms with van der Waals surface area (Å²) >= 11 is 0. The molecule has 0 aliphatic heterocycles. The van der Waals surface area contributed by atoms with Gasteiger partial charge in [0, 0.05) is 0 Å². The summed E-state index contributed by atoms with van der Waals surface area (Å²) in [5, 5.41) is 3.11. The van der Waals surface area contributed by atoms with Crippen molar-refractivity contribution < 1.29 is 0 Å². The van der Waals surface area contributed by atoms with Gasteiger partial charge in [-0.2, -0.15) is 0 Å². The summed E-state index contributed by atoms with van der Waals surface area (Å²) in [6, 6.07) is 0. The van der Waals surface area contributed by atoms with Crippen LogP contribution in [0, 0.1) is 5.41 Å². The van der Waals surface area contributed by atoms with Crippen molar-refractivity contribution in [1.82, 2.24) is 5.32 Å². The highest BCUT2D eigenvalue weighted by atomic mass is 15.1. The first-order valence-corrected chi connectivity index (χ1v) is 5.49. The third-order valence-electron chi connectivity index (χ3n) is 1.82. The number of amidine groups is 1. The molecule has 0 unspecified atom stereocenters. The third kappa shape index (κ3) is 7.97. The molecule has 0 saturated carbocycles. The Hall–Kier alpha value is -1.38. The van der Waals surface area contributed by atoms with E-state index >= 15 is 0 Å². The maximum Gasteiger partial charge on any atom is 0.127 e. The molecular formula is C13H23N3. The van der Waals surface area contributed by atoms with Gasteiger partial charge in [-0.1, -0.05) is 26.8 Å². The van der Waals surface area contributed by atoms with E-state index in [9.17, 15) is 0 Å². The molecule has 0 rings (SSSR count). The van der Waals surface area contributed by atoms with E-state index in [2.05, 4.69) is 48.9 Å². The zero-order valence-corrected chi connectivity index (χ0v) is 11.0. The largest absolute Gasteiger partial charge is 0.347 e. The molecule has 0 aliphatic carbocycles. The Morgan fingerprint density at radius 3 is 2.44 bits per heavy atom. The monoisotopic (exact) mass is 221 g/mol. The van der Waals surface area contributed by atoms with Crippen molar-refractivity contribution in [3.8, 4) is 0 Å². The molecule has 3 nitrogen and oxygen atoms in total. The molecule has 1 N–H and O–H groups in total. The Bertz CT molecular complexity index is 304. The number of aliphatic imine (C=N–C) groups is 2. The minimum absolute atomic E-state index is 0.258. The number of allylic oxidation sites excluding steroid dienone is 2. The first kappa shape index (κ1) is 14.6. The molecule has 3 heteroatoms. The van der Waals surface area contributed by atoms with Crippen LogP contribution < -0.4 is 5.32 Å². The smallest absolute Gasteiger partial charge is 0.127 e. The van der Waals surface area contributed by atoms with Crippen LogP contribution >= 0.6 is 0 Å². The molecule has 0 aliphatic rings. The van der Waals surface area contributed by atoms with Crippen LogP contribution in [0.15, 0.2) is 34.2 Å². The van der Waals surface area contributed by atoms with Crippen LogP contribution in [0.4, 0.5) is 0 Å².